The fourth-order valence-electron chi connectivity index (χ4n) is 3.89. The first kappa shape index (κ1) is 20.5. The predicted molar refractivity (Wildman–Crippen MR) is 114 cm³/mol. The molecule has 31 heavy (non-hydrogen) atoms. The van der Waals surface area contributed by atoms with Crippen molar-refractivity contribution >= 4 is 29.4 Å². The zero-order chi connectivity index (χ0) is 22.1. The number of ether oxygens (including phenoxy) is 1. The summed E-state index contributed by atoms with van der Waals surface area (Å²) in [7, 11) is 0. The molecule has 1 N–H and O–H groups in total. The fraction of sp³-hybridized carbons (Fsp3) is 0.250. The van der Waals surface area contributed by atoms with E-state index in [-0.39, 0.29) is 23.2 Å². The molecule has 1 heterocycles. The third kappa shape index (κ3) is 3.86. The van der Waals surface area contributed by atoms with Crippen LogP contribution < -0.4 is 5.32 Å². The lowest BCUT2D eigenvalue weighted by atomic mass is 10.1. The molecule has 0 aromatic heterocycles. The number of carbonyl (C=O) groups excluding carboxylic acids is 4. The summed E-state index contributed by atoms with van der Waals surface area (Å²) in [5, 5.41) is 2.77. The van der Waals surface area contributed by atoms with E-state index in [4.69, 9.17) is 4.74 Å². The Morgan fingerprint density at radius 3 is 2.61 bits per heavy atom. The standard InChI is InChI=1S/C24H22N2O5/c1-3-11-26-22(28)19-10-8-17(13-20(19)23(26)29)24(30)31-14(2)21(27)25-18-9-7-15-5-4-6-16(15)12-18/h3,7-10,12-14H,1,4-6,11H2,2H3,(H,25,27)/t14-/m0/s1. The van der Waals surface area contributed by atoms with Crippen molar-refractivity contribution in [2.75, 3.05) is 11.9 Å². The maximum atomic E-state index is 12.5. The molecule has 0 bridgehead atoms. The Balaban J connectivity index is 1.42. The molecule has 2 aromatic carbocycles. The first-order valence-corrected chi connectivity index (χ1v) is 10.1. The van der Waals surface area contributed by atoms with E-state index in [0.29, 0.717) is 5.69 Å². The average molecular weight is 418 g/mol. The molecule has 2 aromatic rings. The highest BCUT2D eigenvalue weighted by Gasteiger charge is 2.35. The molecule has 1 atom stereocenters. The summed E-state index contributed by atoms with van der Waals surface area (Å²) in [5.74, 6) is -2.11. The van der Waals surface area contributed by atoms with E-state index in [0.717, 1.165) is 24.2 Å². The SMILES string of the molecule is C=CCN1C(=O)c2ccc(C(=O)O[C@@H](C)C(=O)Nc3ccc4c(c3)CCC4)cc2C1=O. The van der Waals surface area contributed by atoms with Gasteiger partial charge in [-0.2, -0.15) is 0 Å². The molecule has 0 spiro atoms. The first-order chi connectivity index (χ1) is 14.9. The molecule has 7 nitrogen and oxygen atoms in total. The van der Waals surface area contributed by atoms with Crippen LogP contribution in [0.4, 0.5) is 5.69 Å². The molecule has 7 heteroatoms. The van der Waals surface area contributed by atoms with Crippen molar-refractivity contribution in [3.63, 3.8) is 0 Å². The van der Waals surface area contributed by atoms with Crippen LogP contribution in [0.15, 0.2) is 49.1 Å². The highest BCUT2D eigenvalue weighted by molar-refractivity contribution is 6.22. The van der Waals surface area contributed by atoms with E-state index in [2.05, 4.69) is 11.9 Å². The van der Waals surface area contributed by atoms with Crippen LogP contribution in [0, 0.1) is 0 Å². The number of rotatable bonds is 6. The van der Waals surface area contributed by atoms with Gasteiger partial charge in [0.1, 0.15) is 0 Å². The van der Waals surface area contributed by atoms with Crippen molar-refractivity contribution in [3.05, 3.63) is 76.9 Å². The average Bonchev–Trinajstić information content (AvgIpc) is 3.32. The van der Waals surface area contributed by atoms with E-state index >= 15 is 0 Å². The molecule has 0 fully saturated rings. The second kappa shape index (κ2) is 8.18. The summed E-state index contributed by atoms with van der Waals surface area (Å²) in [6, 6.07) is 9.96. The minimum atomic E-state index is -1.04. The lowest BCUT2D eigenvalue weighted by Gasteiger charge is -2.14. The van der Waals surface area contributed by atoms with Gasteiger partial charge < -0.3 is 10.1 Å². The molecule has 0 saturated heterocycles. The van der Waals surface area contributed by atoms with Gasteiger partial charge in [0.25, 0.3) is 17.7 Å². The molecule has 0 saturated carbocycles. The molecule has 1 aliphatic carbocycles. The molecule has 0 radical (unpaired) electrons. The van der Waals surface area contributed by atoms with E-state index < -0.39 is 29.8 Å². The number of amides is 3. The van der Waals surface area contributed by atoms with Gasteiger partial charge in [0, 0.05) is 12.2 Å². The summed E-state index contributed by atoms with van der Waals surface area (Å²) < 4.78 is 5.28. The second-order valence-corrected chi connectivity index (χ2v) is 7.64. The summed E-state index contributed by atoms with van der Waals surface area (Å²) in [6.07, 6.45) is 3.58. The van der Waals surface area contributed by atoms with Gasteiger partial charge in [0.05, 0.1) is 16.7 Å². The highest BCUT2D eigenvalue weighted by Crippen LogP contribution is 2.26. The van der Waals surface area contributed by atoms with E-state index in [1.165, 1.54) is 42.3 Å². The summed E-state index contributed by atoms with van der Waals surface area (Å²) in [4.78, 5) is 50.8. The predicted octanol–water partition coefficient (Wildman–Crippen LogP) is 3.14. The van der Waals surface area contributed by atoms with Crippen LogP contribution in [-0.2, 0) is 22.4 Å². The Hall–Kier alpha value is -3.74. The number of nitrogens with zero attached hydrogens (tertiary/aromatic N) is 1. The number of aryl methyl sites for hydroxylation is 2. The van der Waals surface area contributed by atoms with E-state index in [9.17, 15) is 19.2 Å². The van der Waals surface area contributed by atoms with Crippen LogP contribution >= 0.6 is 0 Å². The smallest absolute Gasteiger partial charge is 0.338 e. The van der Waals surface area contributed by atoms with Crippen LogP contribution in [0.1, 0.15) is 55.5 Å². The third-order valence-electron chi connectivity index (χ3n) is 5.54. The van der Waals surface area contributed by atoms with Gasteiger partial charge in [0.15, 0.2) is 6.10 Å². The summed E-state index contributed by atoms with van der Waals surface area (Å²) >= 11 is 0. The molecular weight excluding hydrogens is 396 g/mol. The molecule has 4 rings (SSSR count). The molecule has 0 unspecified atom stereocenters. The number of benzene rings is 2. The quantitative estimate of drug-likeness (QED) is 0.442. The molecule has 158 valence electrons. The Morgan fingerprint density at radius 1 is 1.10 bits per heavy atom. The lowest BCUT2D eigenvalue weighted by Crippen LogP contribution is -2.30. The van der Waals surface area contributed by atoms with Gasteiger partial charge in [-0.3, -0.25) is 19.3 Å². The molecule has 3 amide bonds. The molecule has 2 aliphatic rings. The van der Waals surface area contributed by atoms with Crippen LogP contribution in [0.5, 0.6) is 0 Å². The monoisotopic (exact) mass is 418 g/mol. The van der Waals surface area contributed by atoms with Crippen LogP contribution in [0.2, 0.25) is 0 Å². The number of anilines is 1. The third-order valence-corrected chi connectivity index (χ3v) is 5.54. The Bertz CT molecular complexity index is 1120. The van der Waals surface area contributed by atoms with Gasteiger partial charge in [-0.1, -0.05) is 12.1 Å². The van der Waals surface area contributed by atoms with Crippen molar-refractivity contribution in [3.8, 4) is 0 Å². The Morgan fingerprint density at radius 2 is 1.84 bits per heavy atom. The van der Waals surface area contributed by atoms with Gasteiger partial charge in [0.2, 0.25) is 0 Å². The highest BCUT2D eigenvalue weighted by atomic mass is 16.5. The normalized spacial score (nSPS) is 15.3. The maximum absolute atomic E-state index is 12.5. The number of fused-ring (bicyclic) bond motifs is 2. The van der Waals surface area contributed by atoms with Crippen LogP contribution in [0.25, 0.3) is 0 Å². The van der Waals surface area contributed by atoms with Gasteiger partial charge in [-0.25, -0.2) is 4.79 Å². The topological polar surface area (TPSA) is 92.8 Å². The Labute approximate surface area is 179 Å². The largest absolute Gasteiger partial charge is 0.449 e. The maximum Gasteiger partial charge on any atom is 0.338 e. The first-order valence-electron chi connectivity index (χ1n) is 10.1. The summed E-state index contributed by atoms with van der Waals surface area (Å²) in [6.45, 7) is 5.11. The van der Waals surface area contributed by atoms with Crippen molar-refractivity contribution in [2.24, 2.45) is 0 Å². The number of carbonyl (C=O) groups is 4. The van der Waals surface area contributed by atoms with Crippen molar-refractivity contribution in [1.82, 2.24) is 4.90 Å². The van der Waals surface area contributed by atoms with Crippen LogP contribution in [-0.4, -0.2) is 41.2 Å². The number of nitrogens with one attached hydrogen (secondary N) is 1. The van der Waals surface area contributed by atoms with Crippen LogP contribution in [0.3, 0.4) is 0 Å². The van der Waals surface area contributed by atoms with Gasteiger partial charge in [-0.15, -0.1) is 6.58 Å². The number of hydrogen-bond acceptors (Lipinski definition) is 5. The van der Waals surface area contributed by atoms with Gasteiger partial charge >= 0.3 is 5.97 Å². The van der Waals surface area contributed by atoms with Crippen molar-refractivity contribution in [1.29, 1.82) is 0 Å². The number of imide groups is 1. The second-order valence-electron chi connectivity index (χ2n) is 7.64. The van der Waals surface area contributed by atoms with E-state index in [1.807, 2.05) is 18.2 Å². The molecular formula is C24H22N2O5. The Kier molecular flexibility index (Phi) is 5.42. The van der Waals surface area contributed by atoms with E-state index in [1.54, 1.807) is 0 Å². The fourth-order valence-corrected chi connectivity index (χ4v) is 3.89. The molecule has 1 aliphatic heterocycles. The zero-order valence-corrected chi connectivity index (χ0v) is 17.1. The van der Waals surface area contributed by atoms with Gasteiger partial charge in [-0.05, 0) is 67.6 Å². The number of esters is 1. The minimum absolute atomic E-state index is 0.0893. The van der Waals surface area contributed by atoms with Crippen molar-refractivity contribution < 1.29 is 23.9 Å². The van der Waals surface area contributed by atoms with Crippen molar-refractivity contribution in [2.45, 2.75) is 32.3 Å². The minimum Gasteiger partial charge on any atom is -0.449 e. The lowest BCUT2D eigenvalue weighted by molar-refractivity contribution is -0.123. The zero-order valence-electron chi connectivity index (χ0n) is 17.1. The summed E-state index contributed by atoms with van der Waals surface area (Å²) in [5.41, 5.74) is 3.65. The number of hydrogen-bond donors (Lipinski definition) is 1.